The van der Waals surface area contributed by atoms with Gasteiger partial charge in [0, 0.05) is 19.0 Å². The van der Waals surface area contributed by atoms with Crippen LogP contribution in [0.5, 0.6) is 0 Å². The fourth-order valence-electron chi connectivity index (χ4n) is 2.69. The van der Waals surface area contributed by atoms with Crippen molar-refractivity contribution in [2.75, 3.05) is 33.3 Å². The molecule has 2 unspecified atom stereocenters. The van der Waals surface area contributed by atoms with Gasteiger partial charge in [0.1, 0.15) is 6.10 Å². The van der Waals surface area contributed by atoms with Gasteiger partial charge in [0.15, 0.2) is 0 Å². The topological polar surface area (TPSA) is 41.6 Å². The Morgan fingerprint density at radius 3 is 2.95 bits per heavy atom. The summed E-state index contributed by atoms with van der Waals surface area (Å²) in [6.45, 7) is 6.72. The lowest BCUT2D eigenvalue weighted by Gasteiger charge is -2.35. The first kappa shape index (κ1) is 15.0. The van der Waals surface area contributed by atoms with Crippen LogP contribution in [0.1, 0.15) is 24.2 Å². The number of morpholine rings is 1. The van der Waals surface area contributed by atoms with E-state index in [9.17, 15) is 4.79 Å². The summed E-state index contributed by atoms with van der Waals surface area (Å²) >= 11 is 0. The number of nitrogens with one attached hydrogen (secondary N) is 1. The van der Waals surface area contributed by atoms with Crippen molar-refractivity contribution in [3.63, 3.8) is 0 Å². The summed E-state index contributed by atoms with van der Waals surface area (Å²) in [4.78, 5) is 14.3. The Balaban J connectivity index is 2.05. The second-order valence-corrected chi connectivity index (χ2v) is 5.46. The number of carbonyl (C=O) groups excluding carboxylic acids is 1. The second kappa shape index (κ2) is 6.86. The molecule has 4 heteroatoms. The number of nitrogens with zero attached hydrogens (tertiary/aromatic N) is 1. The van der Waals surface area contributed by atoms with Crippen LogP contribution in [-0.4, -0.2) is 44.1 Å². The molecule has 1 saturated heterocycles. The Labute approximate surface area is 121 Å². The highest BCUT2D eigenvalue weighted by Gasteiger charge is 2.28. The minimum atomic E-state index is -0.00399. The van der Waals surface area contributed by atoms with Crippen LogP contribution >= 0.6 is 0 Å². The van der Waals surface area contributed by atoms with Crippen LogP contribution in [0.4, 0.5) is 0 Å². The van der Waals surface area contributed by atoms with Crippen molar-refractivity contribution < 1.29 is 9.53 Å². The second-order valence-electron chi connectivity index (χ2n) is 5.46. The Kier molecular flexibility index (Phi) is 5.15. The molecule has 1 aliphatic heterocycles. The zero-order chi connectivity index (χ0) is 14.5. The van der Waals surface area contributed by atoms with E-state index in [0.717, 1.165) is 0 Å². The van der Waals surface area contributed by atoms with Crippen molar-refractivity contribution in [2.24, 2.45) is 5.92 Å². The van der Waals surface area contributed by atoms with Crippen molar-refractivity contribution in [1.29, 1.82) is 0 Å². The molecule has 1 aromatic carbocycles. The van der Waals surface area contributed by atoms with Gasteiger partial charge < -0.3 is 15.0 Å². The van der Waals surface area contributed by atoms with Crippen molar-refractivity contribution in [2.45, 2.75) is 20.0 Å². The molecule has 110 valence electrons. The minimum Gasteiger partial charge on any atom is -0.370 e. The zero-order valence-electron chi connectivity index (χ0n) is 12.6. The van der Waals surface area contributed by atoms with E-state index in [2.05, 4.69) is 24.4 Å². The van der Waals surface area contributed by atoms with E-state index in [1.54, 1.807) is 0 Å². The number of hydrogen-bond acceptors (Lipinski definition) is 3. The van der Waals surface area contributed by atoms with Crippen LogP contribution in [0, 0.1) is 12.8 Å². The number of rotatable bonds is 4. The summed E-state index contributed by atoms with van der Waals surface area (Å²) < 4.78 is 5.86. The number of ether oxygens (including phenoxy) is 1. The van der Waals surface area contributed by atoms with Gasteiger partial charge in [-0.25, -0.2) is 0 Å². The van der Waals surface area contributed by atoms with E-state index in [1.165, 1.54) is 11.1 Å². The summed E-state index contributed by atoms with van der Waals surface area (Å²) in [5, 5.41) is 3.06. The SMILES string of the molecule is CNCC(C)C(=O)N1CCOC(c2ccccc2C)C1. The maximum Gasteiger partial charge on any atom is 0.226 e. The fraction of sp³-hybridized carbons (Fsp3) is 0.562. The molecule has 0 radical (unpaired) electrons. The summed E-state index contributed by atoms with van der Waals surface area (Å²) in [6, 6.07) is 8.23. The third-order valence-electron chi connectivity index (χ3n) is 3.85. The number of amides is 1. The Hall–Kier alpha value is -1.39. The molecule has 2 rings (SSSR count). The summed E-state index contributed by atoms with van der Waals surface area (Å²) in [5.41, 5.74) is 2.40. The molecule has 1 aliphatic rings. The molecule has 0 aromatic heterocycles. The first-order chi connectivity index (χ1) is 9.63. The average molecular weight is 276 g/mol. The van der Waals surface area contributed by atoms with E-state index in [0.29, 0.717) is 26.2 Å². The van der Waals surface area contributed by atoms with Gasteiger partial charge in [-0.3, -0.25) is 4.79 Å². The smallest absolute Gasteiger partial charge is 0.226 e. The van der Waals surface area contributed by atoms with Gasteiger partial charge in [-0.2, -0.15) is 0 Å². The Bertz CT molecular complexity index is 462. The number of aryl methyl sites for hydroxylation is 1. The summed E-state index contributed by atoms with van der Waals surface area (Å²) in [5.74, 6) is 0.219. The van der Waals surface area contributed by atoms with E-state index < -0.39 is 0 Å². The van der Waals surface area contributed by atoms with Gasteiger partial charge >= 0.3 is 0 Å². The molecule has 0 saturated carbocycles. The maximum atomic E-state index is 12.4. The molecule has 2 atom stereocenters. The lowest BCUT2D eigenvalue weighted by atomic mass is 10.0. The minimum absolute atomic E-state index is 0.00399. The predicted octanol–water partition coefficient (Wildman–Crippen LogP) is 1.75. The third kappa shape index (κ3) is 3.38. The average Bonchev–Trinajstić information content (AvgIpc) is 2.47. The van der Waals surface area contributed by atoms with E-state index in [-0.39, 0.29) is 17.9 Å². The van der Waals surface area contributed by atoms with Crippen molar-refractivity contribution in [1.82, 2.24) is 10.2 Å². The molecule has 20 heavy (non-hydrogen) atoms. The first-order valence-electron chi connectivity index (χ1n) is 7.24. The number of benzene rings is 1. The van der Waals surface area contributed by atoms with Crippen LogP contribution in [0.3, 0.4) is 0 Å². The van der Waals surface area contributed by atoms with Crippen molar-refractivity contribution >= 4 is 5.91 Å². The monoisotopic (exact) mass is 276 g/mol. The van der Waals surface area contributed by atoms with Crippen LogP contribution in [0.25, 0.3) is 0 Å². The molecular weight excluding hydrogens is 252 g/mol. The molecule has 1 heterocycles. The standard InChI is InChI=1S/C16H24N2O2/c1-12-6-4-5-7-14(12)15-11-18(8-9-20-15)16(19)13(2)10-17-3/h4-7,13,15,17H,8-11H2,1-3H3. The lowest BCUT2D eigenvalue weighted by Crippen LogP contribution is -2.46. The van der Waals surface area contributed by atoms with Gasteiger partial charge in [-0.1, -0.05) is 31.2 Å². The highest BCUT2D eigenvalue weighted by molar-refractivity contribution is 5.78. The molecule has 0 aliphatic carbocycles. The highest BCUT2D eigenvalue weighted by Crippen LogP contribution is 2.25. The summed E-state index contributed by atoms with van der Waals surface area (Å²) in [6.07, 6.45) is -0.00399. The third-order valence-corrected chi connectivity index (χ3v) is 3.85. The maximum absolute atomic E-state index is 12.4. The van der Waals surface area contributed by atoms with Gasteiger partial charge in [0.2, 0.25) is 5.91 Å². The van der Waals surface area contributed by atoms with Crippen LogP contribution in [0.2, 0.25) is 0 Å². The lowest BCUT2D eigenvalue weighted by molar-refractivity contribution is -0.142. The quantitative estimate of drug-likeness (QED) is 0.911. The normalized spacial score (nSPS) is 20.8. The first-order valence-corrected chi connectivity index (χ1v) is 7.24. The molecular formula is C16H24N2O2. The molecule has 1 amide bonds. The van der Waals surface area contributed by atoms with E-state index in [4.69, 9.17) is 4.74 Å². The van der Waals surface area contributed by atoms with Crippen molar-refractivity contribution in [3.05, 3.63) is 35.4 Å². The number of hydrogen-bond donors (Lipinski definition) is 1. The van der Waals surface area contributed by atoms with Crippen molar-refractivity contribution in [3.8, 4) is 0 Å². The Morgan fingerprint density at radius 1 is 1.50 bits per heavy atom. The molecule has 4 nitrogen and oxygen atoms in total. The molecule has 1 N–H and O–H groups in total. The van der Waals surface area contributed by atoms with Gasteiger partial charge in [-0.15, -0.1) is 0 Å². The van der Waals surface area contributed by atoms with E-state index >= 15 is 0 Å². The largest absolute Gasteiger partial charge is 0.370 e. The zero-order valence-corrected chi connectivity index (χ0v) is 12.6. The molecule has 0 bridgehead atoms. The fourth-order valence-corrected chi connectivity index (χ4v) is 2.69. The Morgan fingerprint density at radius 2 is 2.25 bits per heavy atom. The van der Waals surface area contributed by atoms with Crippen LogP contribution < -0.4 is 5.32 Å². The molecule has 1 fully saturated rings. The molecule has 0 spiro atoms. The molecule has 1 aromatic rings. The van der Waals surface area contributed by atoms with Crippen LogP contribution in [-0.2, 0) is 9.53 Å². The van der Waals surface area contributed by atoms with Crippen LogP contribution in [0.15, 0.2) is 24.3 Å². The predicted molar refractivity (Wildman–Crippen MR) is 79.5 cm³/mol. The summed E-state index contributed by atoms with van der Waals surface area (Å²) in [7, 11) is 1.87. The number of carbonyl (C=O) groups is 1. The van der Waals surface area contributed by atoms with E-state index in [1.807, 2.05) is 31.0 Å². The van der Waals surface area contributed by atoms with Gasteiger partial charge in [-0.05, 0) is 25.1 Å². The highest BCUT2D eigenvalue weighted by atomic mass is 16.5. The van der Waals surface area contributed by atoms with Gasteiger partial charge in [0.25, 0.3) is 0 Å². The van der Waals surface area contributed by atoms with Gasteiger partial charge in [0.05, 0.1) is 13.2 Å².